The molecule has 8 heteroatoms. The molecule has 1 aromatic heterocycles. The number of ether oxygens (including phenoxy) is 1. The van der Waals surface area contributed by atoms with E-state index in [1.54, 1.807) is 54.2 Å². The van der Waals surface area contributed by atoms with Crippen molar-refractivity contribution in [3.05, 3.63) is 77.7 Å². The van der Waals surface area contributed by atoms with Gasteiger partial charge in [0.25, 0.3) is 0 Å². The minimum atomic E-state index is -0.362. The Morgan fingerprint density at radius 3 is 2.68 bits per heavy atom. The molecule has 0 amide bonds. The van der Waals surface area contributed by atoms with E-state index in [-0.39, 0.29) is 11.8 Å². The van der Waals surface area contributed by atoms with Crippen molar-refractivity contribution in [1.29, 1.82) is 0 Å². The number of carbonyl (C=O) groups is 1. The second kappa shape index (κ2) is 9.09. The summed E-state index contributed by atoms with van der Waals surface area (Å²) >= 11 is 5.29. The number of carbonyl (C=O) groups excluding carboxylic acids is 1. The molecule has 2 N–H and O–H groups in total. The number of thiocarbonyl (C=S) groups is 1. The number of hydrogen-bond acceptors (Lipinski definition) is 4. The first-order valence-electron chi connectivity index (χ1n) is 8.66. The molecular formula is C20H19FN4O2S. The van der Waals surface area contributed by atoms with Gasteiger partial charge in [0.2, 0.25) is 0 Å². The van der Waals surface area contributed by atoms with Gasteiger partial charge in [0.05, 0.1) is 18.7 Å². The number of benzene rings is 2. The van der Waals surface area contributed by atoms with Gasteiger partial charge in [-0.15, -0.1) is 0 Å². The van der Waals surface area contributed by atoms with E-state index in [9.17, 15) is 9.18 Å². The van der Waals surface area contributed by atoms with Gasteiger partial charge in [-0.25, -0.2) is 9.18 Å². The van der Waals surface area contributed by atoms with E-state index in [1.165, 1.54) is 12.1 Å². The number of aromatic nitrogens is 2. The van der Waals surface area contributed by atoms with E-state index >= 15 is 0 Å². The Morgan fingerprint density at radius 1 is 1.18 bits per heavy atom. The monoisotopic (exact) mass is 398 g/mol. The summed E-state index contributed by atoms with van der Waals surface area (Å²) in [7, 11) is 0. The highest BCUT2D eigenvalue weighted by atomic mass is 32.1. The van der Waals surface area contributed by atoms with Gasteiger partial charge in [-0.2, -0.15) is 5.10 Å². The van der Waals surface area contributed by atoms with Crippen LogP contribution in [0.25, 0.3) is 0 Å². The van der Waals surface area contributed by atoms with E-state index in [0.717, 1.165) is 11.3 Å². The Morgan fingerprint density at radius 2 is 1.96 bits per heavy atom. The number of nitrogens with zero attached hydrogens (tertiary/aromatic N) is 2. The number of esters is 1. The van der Waals surface area contributed by atoms with Crippen molar-refractivity contribution in [3.63, 3.8) is 0 Å². The van der Waals surface area contributed by atoms with E-state index in [2.05, 4.69) is 15.7 Å². The predicted molar refractivity (Wildman–Crippen MR) is 110 cm³/mol. The minimum absolute atomic E-state index is 0.276. The molecule has 0 unspecified atom stereocenters. The van der Waals surface area contributed by atoms with Gasteiger partial charge in [0.1, 0.15) is 5.82 Å². The summed E-state index contributed by atoms with van der Waals surface area (Å²) in [5.74, 6) is -0.0713. The molecule has 6 nitrogen and oxygen atoms in total. The number of nitrogens with one attached hydrogen (secondary N) is 2. The fraction of sp³-hybridized carbons (Fsp3) is 0.150. The molecule has 3 rings (SSSR count). The average molecular weight is 398 g/mol. The molecule has 0 spiro atoms. The maximum Gasteiger partial charge on any atom is 0.338 e. The van der Waals surface area contributed by atoms with Crippen LogP contribution in [0.5, 0.6) is 0 Å². The lowest BCUT2D eigenvalue weighted by molar-refractivity contribution is 0.0526. The first-order chi connectivity index (χ1) is 13.5. The summed E-state index contributed by atoms with van der Waals surface area (Å²) in [6, 6.07) is 15.0. The molecule has 144 valence electrons. The molecule has 1 heterocycles. The molecule has 0 aliphatic rings. The van der Waals surface area contributed by atoms with Crippen LogP contribution in [-0.2, 0) is 11.3 Å². The van der Waals surface area contributed by atoms with Crippen molar-refractivity contribution < 1.29 is 13.9 Å². The van der Waals surface area contributed by atoms with Crippen LogP contribution in [0.1, 0.15) is 22.8 Å². The number of rotatable bonds is 6. The number of halogens is 1. The molecule has 0 saturated carbocycles. The van der Waals surface area contributed by atoms with E-state index < -0.39 is 0 Å². The molecule has 0 aliphatic carbocycles. The van der Waals surface area contributed by atoms with E-state index in [4.69, 9.17) is 17.0 Å². The lowest BCUT2D eigenvalue weighted by Crippen LogP contribution is -2.19. The Labute approximate surface area is 167 Å². The van der Waals surface area contributed by atoms with Crippen LogP contribution in [0.2, 0.25) is 0 Å². The average Bonchev–Trinajstić information content (AvgIpc) is 3.09. The van der Waals surface area contributed by atoms with Gasteiger partial charge < -0.3 is 15.4 Å². The lowest BCUT2D eigenvalue weighted by atomic mass is 10.2. The highest BCUT2D eigenvalue weighted by Crippen LogP contribution is 2.12. The zero-order valence-corrected chi connectivity index (χ0v) is 16.0. The molecule has 0 aliphatic heterocycles. The Hall–Kier alpha value is -3.26. The third-order valence-electron chi connectivity index (χ3n) is 3.77. The summed E-state index contributed by atoms with van der Waals surface area (Å²) < 4.78 is 19.9. The molecule has 0 radical (unpaired) electrons. The molecule has 28 heavy (non-hydrogen) atoms. The second-order valence-electron chi connectivity index (χ2n) is 5.91. The maximum absolute atomic E-state index is 13.3. The molecule has 2 aromatic carbocycles. The third-order valence-corrected chi connectivity index (χ3v) is 3.97. The van der Waals surface area contributed by atoms with Gasteiger partial charge in [-0.1, -0.05) is 12.1 Å². The minimum Gasteiger partial charge on any atom is -0.462 e. The van der Waals surface area contributed by atoms with Gasteiger partial charge >= 0.3 is 5.97 Å². The quantitative estimate of drug-likeness (QED) is 0.482. The van der Waals surface area contributed by atoms with Crippen LogP contribution >= 0.6 is 12.2 Å². The summed E-state index contributed by atoms with van der Waals surface area (Å²) in [6.07, 6.45) is 1.78. The fourth-order valence-corrected chi connectivity index (χ4v) is 2.74. The van der Waals surface area contributed by atoms with E-state index in [1.807, 2.05) is 6.07 Å². The third kappa shape index (κ3) is 5.37. The Bertz CT molecular complexity index is 972. The molecule has 0 bridgehead atoms. The smallest absolute Gasteiger partial charge is 0.338 e. The number of anilines is 2. The van der Waals surface area contributed by atoms with Gasteiger partial charge in [-0.3, -0.25) is 4.68 Å². The van der Waals surface area contributed by atoms with Gasteiger partial charge in [0, 0.05) is 18.0 Å². The molecule has 3 aromatic rings. The molecule has 0 fully saturated rings. The summed E-state index contributed by atoms with van der Waals surface area (Å²) in [6.45, 7) is 2.55. The lowest BCUT2D eigenvalue weighted by Gasteiger charge is -2.09. The second-order valence-corrected chi connectivity index (χ2v) is 6.31. The van der Waals surface area contributed by atoms with Crippen LogP contribution in [-0.4, -0.2) is 27.5 Å². The fourth-order valence-electron chi connectivity index (χ4n) is 2.52. The molecular weight excluding hydrogens is 379 g/mol. The van der Waals surface area contributed by atoms with Gasteiger partial charge in [-0.05, 0) is 61.1 Å². The van der Waals surface area contributed by atoms with Crippen molar-refractivity contribution in [1.82, 2.24) is 9.78 Å². The van der Waals surface area contributed by atoms with Crippen molar-refractivity contribution in [2.24, 2.45) is 0 Å². The van der Waals surface area contributed by atoms with Crippen molar-refractivity contribution in [3.8, 4) is 0 Å². The molecule has 0 atom stereocenters. The first-order valence-corrected chi connectivity index (χ1v) is 9.07. The van der Waals surface area contributed by atoms with Crippen molar-refractivity contribution in [2.75, 3.05) is 17.2 Å². The zero-order chi connectivity index (χ0) is 19.9. The standard InChI is InChI=1S/C20H19FN4O2S/c1-2-27-19(26)15-6-8-17(9-7-15)22-20(28)23-18-10-11-25(24-18)13-14-4-3-5-16(21)12-14/h3-12H,2,13H2,1H3,(H2,22,23,24,28). The van der Waals surface area contributed by atoms with Crippen molar-refractivity contribution >= 4 is 34.8 Å². The zero-order valence-electron chi connectivity index (χ0n) is 15.2. The predicted octanol–water partition coefficient (Wildman–Crippen LogP) is 4.06. The van der Waals surface area contributed by atoms with Crippen LogP contribution < -0.4 is 10.6 Å². The molecule has 0 saturated heterocycles. The van der Waals surface area contributed by atoms with Crippen LogP contribution in [0, 0.1) is 5.82 Å². The van der Waals surface area contributed by atoms with E-state index in [0.29, 0.717) is 29.6 Å². The highest BCUT2D eigenvalue weighted by molar-refractivity contribution is 7.80. The van der Waals surface area contributed by atoms with Gasteiger partial charge in [0.15, 0.2) is 10.9 Å². The topological polar surface area (TPSA) is 68.2 Å². The van der Waals surface area contributed by atoms with Crippen LogP contribution in [0.3, 0.4) is 0 Å². The normalized spacial score (nSPS) is 10.4. The SMILES string of the molecule is CCOC(=O)c1ccc(NC(=S)Nc2ccn(Cc3cccc(F)c3)n2)cc1. The first kappa shape index (κ1) is 19.5. The number of hydrogen-bond donors (Lipinski definition) is 2. The Balaban J connectivity index is 1.55. The van der Waals surface area contributed by atoms with Crippen molar-refractivity contribution in [2.45, 2.75) is 13.5 Å². The highest BCUT2D eigenvalue weighted by Gasteiger charge is 2.07. The summed E-state index contributed by atoms with van der Waals surface area (Å²) in [5.41, 5.74) is 2.02. The largest absolute Gasteiger partial charge is 0.462 e. The van der Waals surface area contributed by atoms with Crippen LogP contribution in [0.15, 0.2) is 60.8 Å². The maximum atomic E-state index is 13.3. The summed E-state index contributed by atoms with van der Waals surface area (Å²) in [4.78, 5) is 11.7. The summed E-state index contributed by atoms with van der Waals surface area (Å²) in [5, 5.41) is 10.7. The Kier molecular flexibility index (Phi) is 6.33. The van der Waals surface area contributed by atoms with Crippen LogP contribution in [0.4, 0.5) is 15.9 Å².